The van der Waals surface area contributed by atoms with Crippen molar-refractivity contribution in [3.8, 4) is 10.6 Å². The molecule has 114 valence electrons. The highest BCUT2D eigenvalue weighted by Gasteiger charge is 2.04. The number of aromatic nitrogens is 1. The summed E-state index contributed by atoms with van der Waals surface area (Å²) in [5.74, 6) is 0. The molecule has 0 radical (unpaired) electrons. The van der Waals surface area contributed by atoms with Gasteiger partial charge in [0, 0.05) is 35.6 Å². The SMILES string of the molecule is COCCOCCNCc1csc(-c2cccc(Br)c2)n1. The molecule has 2 rings (SSSR count). The summed E-state index contributed by atoms with van der Waals surface area (Å²) in [6, 6.07) is 8.20. The molecule has 1 N–H and O–H groups in total. The number of methoxy groups -OCH3 is 1. The fraction of sp³-hybridized carbons (Fsp3) is 0.400. The molecule has 0 unspecified atom stereocenters. The molecule has 0 spiro atoms. The Balaban J connectivity index is 1.73. The molecule has 1 heterocycles. The van der Waals surface area contributed by atoms with Crippen LogP contribution in [0.15, 0.2) is 34.1 Å². The predicted octanol–water partition coefficient (Wildman–Crippen LogP) is 3.33. The minimum Gasteiger partial charge on any atom is -0.382 e. The van der Waals surface area contributed by atoms with Crippen molar-refractivity contribution in [1.29, 1.82) is 0 Å². The second kappa shape index (κ2) is 9.27. The first-order valence-corrected chi connectivity index (χ1v) is 8.44. The lowest BCUT2D eigenvalue weighted by atomic mass is 10.2. The van der Waals surface area contributed by atoms with Gasteiger partial charge in [-0.1, -0.05) is 28.1 Å². The van der Waals surface area contributed by atoms with Crippen LogP contribution in [0.4, 0.5) is 0 Å². The number of thiazole rings is 1. The van der Waals surface area contributed by atoms with E-state index in [1.807, 2.05) is 12.1 Å². The molecule has 0 amide bonds. The average Bonchev–Trinajstić information content (AvgIpc) is 2.95. The van der Waals surface area contributed by atoms with E-state index in [1.54, 1.807) is 18.4 Å². The van der Waals surface area contributed by atoms with E-state index in [0.29, 0.717) is 19.8 Å². The summed E-state index contributed by atoms with van der Waals surface area (Å²) in [6.07, 6.45) is 0. The monoisotopic (exact) mass is 370 g/mol. The Morgan fingerprint density at radius 2 is 2.19 bits per heavy atom. The number of rotatable bonds is 9. The lowest BCUT2D eigenvalue weighted by Gasteiger charge is -2.04. The van der Waals surface area contributed by atoms with E-state index in [9.17, 15) is 0 Å². The van der Waals surface area contributed by atoms with Gasteiger partial charge >= 0.3 is 0 Å². The van der Waals surface area contributed by atoms with E-state index in [0.717, 1.165) is 33.8 Å². The Labute approximate surface area is 137 Å². The third-order valence-electron chi connectivity index (χ3n) is 2.78. The van der Waals surface area contributed by atoms with Crippen molar-refractivity contribution < 1.29 is 9.47 Å². The van der Waals surface area contributed by atoms with Gasteiger partial charge in [0.05, 0.1) is 25.5 Å². The molecule has 0 fully saturated rings. The summed E-state index contributed by atoms with van der Waals surface area (Å²) < 4.78 is 11.4. The van der Waals surface area contributed by atoms with Gasteiger partial charge in [-0.2, -0.15) is 0 Å². The molecule has 0 aliphatic carbocycles. The van der Waals surface area contributed by atoms with Crippen molar-refractivity contribution in [2.24, 2.45) is 0 Å². The standard InChI is InChI=1S/C15H19BrN2O2S/c1-19-7-8-20-6-5-17-10-14-11-21-15(18-14)12-3-2-4-13(16)9-12/h2-4,9,11,17H,5-8,10H2,1H3. The number of halogens is 1. The van der Waals surface area contributed by atoms with Crippen molar-refractivity contribution >= 4 is 27.3 Å². The first kappa shape index (κ1) is 16.6. The van der Waals surface area contributed by atoms with Crippen LogP contribution in [0.5, 0.6) is 0 Å². The fourth-order valence-electron chi connectivity index (χ4n) is 1.75. The Morgan fingerprint density at radius 1 is 1.29 bits per heavy atom. The Morgan fingerprint density at radius 3 is 3.00 bits per heavy atom. The van der Waals surface area contributed by atoms with E-state index in [-0.39, 0.29) is 0 Å². The van der Waals surface area contributed by atoms with Crippen molar-refractivity contribution in [2.45, 2.75) is 6.54 Å². The lowest BCUT2D eigenvalue weighted by Crippen LogP contribution is -2.20. The number of ether oxygens (including phenoxy) is 2. The summed E-state index contributed by atoms with van der Waals surface area (Å²) in [5.41, 5.74) is 2.20. The van der Waals surface area contributed by atoms with E-state index in [4.69, 9.17) is 9.47 Å². The number of nitrogens with zero attached hydrogens (tertiary/aromatic N) is 1. The zero-order chi connectivity index (χ0) is 14.9. The van der Waals surface area contributed by atoms with E-state index < -0.39 is 0 Å². The molecule has 4 nitrogen and oxygen atoms in total. The van der Waals surface area contributed by atoms with Crippen LogP contribution >= 0.6 is 27.3 Å². The molecule has 1 aromatic heterocycles. The normalized spacial score (nSPS) is 11.0. The molecule has 0 atom stereocenters. The van der Waals surface area contributed by atoms with Crippen molar-refractivity contribution in [1.82, 2.24) is 10.3 Å². The van der Waals surface area contributed by atoms with Gasteiger partial charge in [-0.3, -0.25) is 0 Å². The van der Waals surface area contributed by atoms with Gasteiger partial charge in [-0.15, -0.1) is 11.3 Å². The highest BCUT2D eigenvalue weighted by atomic mass is 79.9. The lowest BCUT2D eigenvalue weighted by molar-refractivity contribution is 0.0719. The Hall–Kier alpha value is -0.790. The fourth-order valence-corrected chi connectivity index (χ4v) is 2.96. The minimum atomic E-state index is 0.641. The summed E-state index contributed by atoms with van der Waals surface area (Å²) in [7, 11) is 1.67. The maximum Gasteiger partial charge on any atom is 0.123 e. The zero-order valence-corrected chi connectivity index (χ0v) is 14.4. The number of hydrogen-bond acceptors (Lipinski definition) is 5. The molecule has 1 aromatic carbocycles. The second-order valence-corrected chi connectivity index (χ2v) is 6.21. The molecule has 0 saturated heterocycles. The average molecular weight is 371 g/mol. The first-order valence-electron chi connectivity index (χ1n) is 6.77. The maximum absolute atomic E-state index is 5.39. The zero-order valence-electron chi connectivity index (χ0n) is 12.0. The highest BCUT2D eigenvalue weighted by Crippen LogP contribution is 2.26. The molecule has 6 heteroatoms. The maximum atomic E-state index is 5.39. The van der Waals surface area contributed by atoms with Gasteiger partial charge in [0.25, 0.3) is 0 Å². The summed E-state index contributed by atoms with van der Waals surface area (Å²) in [6.45, 7) is 3.54. The van der Waals surface area contributed by atoms with Crippen LogP contribution in [0.1, 0.15) is 5.69 Å². The molecule has 0 aliphatic heterocycles. The van der Waals surface area contributed by atoms with Gasteiger partial charge in [-0.25, -0.2) is 4.98 Å². The van der Waals surface area contributed by atoms with Gasteiger partial charge in [0.15, 0.2) is 0 Å². The van der Waals surface area contributed by atoms with E-state index in [1.165, 1.54) is 0 Å². The summed E-state index contributed by atoms with van der Waals surface area (Å²) in [4.78, 5) is 4.64. The minimum absolute atomic E-state index is 0.641. The molecular weight excluding hydrogens is 352 g/mol. The van der Waals surface area contributed by atoms with Crippen LogP contribution in [0.3, 0.4) is 0 Å². The largest absolute Gasteiger partial charge is 0.382 e. The smallest absolute Gasteiger partial charge is 0.123 e. The molecular formula is C15H19BrN2O2S. The van der Waals surface area contributed by atoms with Crippen LogP contribution < -0.4 is 5.32 Å². The van der Waals surface area contributed by atoms with Crippen LogP contribution in [0.2, 0.25) is 0 Å². The highest BCUT2D eigenvalue weighted by molar-refractivity contribution is 9.10. The van der Waals surface area contributed by atoms with Crippen LogP contribution in [0.25, 0.3) is 10.6 Å². The van der Waals surface area contributed by atoms with E-state index in [2.05, 4.69) is 43.7 Å². The number of benzene rings is 1. The molecule has 21 heavy (non-hydrogen) atoms. The predicted molar refractivity (Wildman–Crippen MR) is 89.7 cm³/mol. The number of hydrogen-bond donors (Lipinski definition) is 1. The molecule has 2 aromatic rings. The summed E-state index contributed by atoms with van der Waals surface area (Å²) in [5, 5.41) is 6.46. The van der Waals surface area contributed by atoms with Crippen LogP contribution in [-0.4, -0.2) is 38.5 Å². The molecule has 0 aliphatic rings. The van der Waals surface area contributed by atoms with Crippen molar-refractivity contribution in [2.75, 3.05) is 33.5 Å². The van der Waals surface area contributed by atoms with Gasteiger partial charge in [0.1, 0.15) is 5.01 Å². The van der Waals surface area contributed by atoms with Gasteiger partial charge in [-0.05, 0) is 12.1 Å². The van der Waals surface area contributed by atoms with Crippen LogP contribution in [-0.2, 0) is 16.0 Å². The van der Waals surface area contributed by atoms with Crippen molar-refractivity contribution in [3.63, 3.8) is 0 Å². The van der Waals surface area contributed by atoms with Gasteiger partial charge < -0.3 is 14.8 Å². The topological polar surface area (TPSA) is 43.4 Å². The molecule has 0 bridgehead atoms. The van der Waals surface area contributed by atoms with Crippen LogP contribution in [0, 0.1) is 0 Å². The third-order valence-corrected chi connectivity index (χ3v) is 4.22. The Bertz CT molecular complexity index is 548. The quantitative estimate of drug-likeness (QED) is 0.687. The molecule has 0 saturated carbocycles. The number of nitrogens with one attached hydrogen (secondary N) is 1. The third kappa shape index (κ3) is 5.84. The second-order valence-electron chi connectivity index (χ2n) is 4.44. The summed E-state index contributed by atoms with van der Waals surface area (Å²) >= 11 is 5.15. The van der Waals surface area contributed by atoms with E-state index >= 15 is 0 Å². The Kier molecular flexibility index (Phi) is 7.32. The van der Waals surface area contributed by atoms with Crippen molar-refractivity contribution in [3.05, 3.63) is 39.8 Å². The van der Waals surface area contributed by atoms with Gasteiger partial charge in [0.2, 0.25) is 0 Å². The first-order chi connectivity index (χ1) is 10.3.